The number of hydrogen-bond donors (Lipinski definition) is 4. The van der Waals surface area contributed by atoms with Gasteiger partial charge in [0, 0.05) is 17.9 Å². The maximum Gasteiger partial charge on any atom is 0.0510 e. The molecule has 0 saturated carbocycles. The summed E-state index contributed by atoms with van der Waals surface area (Å²) in [6.07, 6.45) is 0. The van der Waals surface area contributed by atoms with Crippen molar-refractivity contribution in [1.29, 1.82) is 0 Å². The van der Waals surface area contributed by atoms with E-state index in [1.807, 2.05) is 0 Å². The Hall–Kier alpha value is -0.160. The van der Waals surface area contributed by atoms with Gasteiger partial charge in [0.15, 0.2) is 0 Å². The van der Waals surface area contributed by atoms with E-state index in [1.165, 1.54) is 0 Å². The van der Waals surface area contributed by atoms with Crippen molar-refractivity contribution in [2.75, 3.05) is 26.4 Å². The molecule has 1 atom stereocenters. The van der Waals surface area contributed by atoms with Crippen molar-refractivity contribution in [3.8, 4) is 0 Å². The van der Waals surface area contributed by atoms with Crippen LogP contribution in [0.1, 0.15) is 6.92 Å². The SMILES string of the molecule is CC(CO)(CO)C(CN)CO. The lowest BCUT2D eigenvalue weighted by molar-refractivity contribution is -0.000467. The largest absolute Gasteiger partial charge is 0.396 e. The minimum atomic E-state index is -0.663. The van der Waals surface area contributed by atoms with Gasteiger partial charge in [-0.3, -0.25) is 0 Å². The van der Waals surface area contributed by atoms with E-state index in [4.69, 9.17) is 21.1 Å². The maximum atomic E-state index is 8.89. The molecule has 0 amide bonds. The summed E-state index contributed by atoms with van der Waals surface area (Å²) in [7, 11) is 0. The van der Waals surface area contributed by atoms with Crippen molar-refractivity contribution in [3.63, 3.8) is 0 Å². The van der Waals surface area contributed by atoms with Gasteiger partial charge < -0.3 is 21.1 Å². The molecule has 5 N–H and O–H groups in total. The second kappa shape index (κ2) is 4.66. The molecule has 1 unspecified atom stereocenters. The van der Waals surface area contributed by atoms with Crippen LogP contribution in [0.5, 0.6) is 0 Å². The first-order chi connectivity index (χ1) is 5.14. The van der Waals surface area contributed by atoms with Gasteiger partial charge in [-0.1, -0.05) is 6.92 Å². The van der Waals surface area contributed by atoms with Crippen LogP contribution < -0.4 is 5.73 Å². The molecule has 0 heterocycles. The second-order valence-electron chi connectivity index (χ2n) is 3.09. The molecule has 0 aromatic carbocycles. The van der Waals surface area contributed by atoms with Crippen molar-refractivity contribution >= 4 is 0 Å². The number of aliphatic hydroxyl groups is 3. The van der Waals surface area contributed by atoms with Gasteiger partial charge in [0.05, 0.1) is 13.2 Å². The Kier molecular flexibility index (Phi) is 4.60. The molecular weight excluding hydrogens is 146 g/mol. The molecule has 0 fully saturated rings. The second-order valence-corrected chi connectivity index (χ2v) is 3.09. The molecule has 0 aliphatic heterocycles. The number of nitrogens with two attached hydrogens (primary N) is 1. The molecule has 0 rings (SSSR count). The summed E-state index contributed by atoms with van der Waals surface area (Å²) in [5.41, 5.74) is 4.68. The van der Waals surface area contributed by atoms with E-state index in [0.29, 0.717) is 0 Å². The lowest BCUT2D eigenvalue weighted by Gasteiger charge is -2.32. The molecule has 11 heavy (non-hydrogen) atoms. The minimum Gasteiger partial charge on any atom is -0.396 e. The van der Waals surface area contributed by atoms with Crippen molar-refractivity contribution in [2.45, 2.75) is 6.92 Å². The molecule has 4 heteroatoms. The van der Waals surface area contributed by atoms with E-state index in [1.54, 1.807) is 6.92 Å². The van der Waals surface area contributed by atoms with E-state index in [2.05, 4.69) is 0 Å². The normalized spacial score (nSPS) is 15.0. The van der Waals surface area contributed by atoms with Gasteiger partial charge in [-0.25, -0.2) is 0 Å². The Morgan fingerprint density at radius 2 is 1.73 bits per heavy atom. The van der Waals surface area contributed by atoms with Crippen LogP contribution in [0.15, 0.2) is 0 Å². The highest BCUT2D eigenvalue weighted by Crippen LogP contribution is 2.24. The van der Waals surface area contributed by atoms with Gasteiger partial charge in [0.1, 0.15) is 0 Å². The minimum absolute atomic E-state index is 0.103. The summed E-state index contributed by atoms with van der Waals surface area (Å²) in [6.45, 7) is 1.54. The van der Waals surface area contributed by atoms with Crippen molar-refractivity contribution in [2.24, 2.45) is 17.1 Å². The third-order valence-corrected chi connectivity index (χ3v) is 2.21. The Bertz CT molecular complexity index is 99.9. The lowest BCUT2D eigenvalue weighted by Crippen LogP contribution is -2.41. The Labute approximate surface area is 66.7 Å². The molecule has 0 aromatic heterocycles. The van der Waals surface area contributed by atoms with E-state index < -0.39 is 5.41 Å². The molecule has 0 aliphatic rings. The lowest BCUT2D eigenvalue weighted by atomic mass is 9.79. The molecule has 0 saturated heterocycles. The Morgan fingerprint density at radius 1 is 1.27 bits per heavy atom. The summed E-state index contributed by atoms with van der Waals surface area (Å²) in [5, 5.41) is 26.6. The zero-order valence-electron chi connectivity index (χ0n) is 6.82. The van der Waals surface area contributed by atoms with Crippen LogP contribution in [0.4, 0.5) is 0 Å². The van der Waals surface area contributed by atoms with Crippen LogP contribution in [0.3, 0.4) is 0 Å². The highest BCUT2D eigenvalue weighted by atomic mass is 16.3. The summed E-state index contributed by atoms with van der Waals surface area (Å²) in [6, 6.07) is 0. The number of hydrogen-bond acceptors (Lipinski definition) is 4. The van der Waals surface area contributed by atoms with Crippen LogP contribution in [0, 0.1) is 11.3 Å². The highest BCUT2D eigenvalue weighted by Gasteiger charge is 2.31. The molecular formula is C7H17NO3. The van der Waals surface area contributed by atoms with Crippen LogP contribution in [0.2, 0.25) is 0 Å². The molecule has 4 nitrogen and oxygen atoms in total. The Morgan fingerprint density at radius 3 is 1.82 bits per heavy atom. The van der Waals surface area contributed by atoms with E-state index >= 15 is 0 Å². The van der Waals surface area contributed by atoms with Crippen molar-refractivity contribution in [3.05, 3.63) is 0 Å². The van der Waals surface area contributed by atoms with Gasteiger partial charge >= 0.3 is 0 Å². The van der Waals surface area contributed by atoms with Crippen LogP contribution in [-0.2, 0) is 0 Å². The molecule has 0 aliphatic carbocycles. The van der Waals surface area contributed by atoms with Gasteiger partial charge in [-0.15, -0.1) is 0 Å². The maximum absolute atomic E-state index is 8.89. The average Bonchev–Trinajstić information content (AvgIpc) is 2.06. The van der Waals surface area contributed by atoms with Crippen LogP contribution >= 0.6 is 0 Å². The van der Waals surface area contributed by atoms with Crippen molar-refractivity contribution < 1.29 is 15.3 Å². The van der Waals surface area contributed by atoms with Crippen LogP contribution in [-0.4, -0.2) is 41.7 Å². The summed E-state index contributed by atoms with van der Waals surface area (Å²) < 4.78 is 0. The molecule has 0 bridgehead atoms. The fourth-order valence-electron chi connectivity index (χ4n) is 0.888. The predicted octanol–water partition coefficient (Wildman–Crippen LogP) is -1.46. The standard InChI is InChI=1S/C7H17NO3/c1-7(4-10,5-11)6(2-8)3-9/h6,9-11H,2-5,8H2,1H3. The topological polar surface area (TPSA) is 86.7 Å². The van der Waals surface area contributed by atoms with Crippen LogP contribution in [0.25, 0.3) is 0 Å². The first-order valence-electron chi connectivity index (χ1n) is 3.67. The van der Waals surface area contributed by atoms with Gasteiger partial charge in [0.25, 0.3) is 0 Å². The Balaban J connectivity index is 4.19. The van der Waals surface area contributed by atoms with E-state index in [0.717, 1.165) is 0 Å². The van der Waals surface area contributed by atoms with Gasteiger partial charge in [-0.05, 0) is 6.54 Å². The number of aliphatic hydroxyl groups excluding tert-OH is 3. The highest BCUT2D eigenvalue weighted by molar-refractivity contribution is 4.81. The molecule has 68 valence electrons. The van der Waals surface area contributed by atoms with E-state index in [-0.39, 0.29) is 32.3 Å². The monoisotopic (exact) mass is 163 g/mol. The third-order valence-electron chi connectivity index (χ3n) is 2.21. The fraction of sp³-hybridized carbons (Fsp3) is 1.00. The zero-order chi connectivity index (χ0) is 8.91. The average molecular weight is 163 g/mol. The molecule has 0 spiro atoms. The zero-order valence-corrected chi connectivity index (χ0v) is 6.82. The quantitative estimate of drug-likeness (QED) is 0.399. The molecule has 0 aromatic rings. The van der Waals surface area contributed by atoms with Gasteiger partial charge in [-0.2, -0.15) is 0 Å². The van der Waals surface area contributed by atoms with Gasteiger partial charge in [0.2, 0.25) is 0 Å². The van der Waals surface area contributed by atoms with Crippen molar-refractivity contribution in [1.82, 2.24) is 0 Å². The first kappa shape index (κ1) is 10.8. The summed E-state index contributed by atoms with van der Waals surface area (Å²) in [5.74, 6) is -0.238. The predicted molar refractivity (Wildman–Crippen MR) is 41.9 cm³/mol. The smallest absolute Gasteiger partial charge is 0.0510 e. The summed E-state index contributed by atoms with van der Waals surface area (Å²) in [4.78, 5) is 0. The van der Waals surface area contributed by atoms with E-state index in [9.17, 15) is 0 Å². The first-order valence-corrected chi connectivity index (χ1v) is 3.67. The molecule has 0 radical (unpaired) electrons. The number of rotatable bonds is 5. The fourth-order valence-corrected chi connectivity index (χ4v) is 0.888. The third kappa shape index (κ3) is 2.41. The summed E-state index contributed by atoms with van der Waals surface area (Å²) >= 11 is 0.